The molecule has 1 aliphatic rings. The third-order valence-electron chi connectivity index (χ3n) is 3.70. The van der Waals surface area contributed by atoms with Crippen LogP contribution in [0.5, 0.6) is 11.5 Å². The summed E-state index contributed by atoms with van der Waals surface area (Å²) >= 11 is 2.09. The molecule has 0 aliphatic carbocycles. The predicted octanol–water partition coefficient (Wildman–Crippen LogP) is 3.70. The first kappa shape index (κ1) is 15.7. The number of carbonyl (C=O) groups excluding carboxylic acids is 1. The number of rotatable bonds is 3. The van der Waals surface area contributed by atoms with E-state index in [0.29, 0.717) is 18.7 Å². The number of hydrogen-bond donors (Lipinski definition) is 1. The molecule has 23 heavy (non-hydrogen) atoms. The summed E-state index contributed by atoms with van der Waals surface area (Å²) in [6.45, 7) is 0.585. The van der Waals surface area contributed by atoms with E-state index in [9.17, 15) is 9.18 Å². The number of para-hydroxylation sites is 1. The highest BCUT2D eigenvalue weighted by Crippen LogP contribution is 2.34. The lowest BCUT2D eigenvalue weighted by atomic mass is 9.98. The molecule has 2 aromatic carbocycles. The Bertz CT molecular complexity index is 817. The number of benzene rings is 2. The third-order valence-corrected chi connectivity index (χ3v) is 4.59. The van der Waals surface area contributed by atoms with E-state index >= 15 is 0 Å². The molecule has 1 N–H and O–H groups in total. The molecule has 1 aliphatic heterocycles. The zero-order valence-electron chi connectivity index (χ0n) is 12.0. The maximum Gasteiger partial charge on any atom is 0.220 e. The number of amides is 1. The van der Waals surface area contributed by atoms with Crippen LogP contribution < -0.4 is 10.1 Å². The number of nitrogens with one attached hydrogen (secondary N) is 1. The monoisotopic (exact) mass is 422 g/mol. The first-order chi connectivity index (χ1) is 11.1. The fourth-order valence-corrected chi connectivity index (χ4v) is 2.95. The summed E-state index contributed by atoms with van der Waals surface area (Å²) < 4.78 is 20.5. The van der Waals surface area contributed by atoms with Crippen molar-refractivity contribution in [2.45, 2.75) is 12.3 Å². The molecule has 6 heteroatoms. The van der Waals surface area contributed by atoms with Crippen LogP contribution in [-0.4, -0.2) is 12.5 Å². The molecule has 4 nitrogen and oxygen atoms in total. The summed E-state index contributed by atoms with van der Waals surface area (Å²) in [6, 6.07) is 11.8. The summed E-state index contributed by atoms with van der Waals surface area (Å²) in [5.74, 6) is -0.0764. The first-order valence-corrected chi connectivity index (χ1v) is 8.09. The fourth-order valence-electron chi connectivity index (χ4n) is 2.50. The lowest BCUT2D eigenvalue weighted by Crippen LogP contribution is -2.13. The van der Waals surface area contributed by atoms with E-state index < -0.39 is 5.82 Å². The predicted molar refractivity (Wildman–Crippen MR) is 90.7 cm³/mol. The summed E-state index contributed by atoms with van der Waals surface area (Å²) in [4.78, 5) is 11.4. The lowest BCUT2D eigenvalue weighted by molar-refractivity contribution is -0.119. The van der Waals surface area contributed by atoms with Crippen molar-refractivity contribution in [3.63, 3.8) is 0 Å². The molecule has 0 spiro atoms. The highest BCUT2D eigenvalue weighted by Gasteiger charge is 2.24. The van der Waals surface area contributed by atoms with Crippen molar-refractivity contribution < 1.29 is 13.9 Å². The minimum Gasteiger partial charge on any atom is -0.452 e. The Labute approximate surface area is 146 Å². The number of carbonyl (C=O) groups is 1. The highest BCUT2D eigenvalue weighted by atomic mass is 127. The van der Waals surface area contributed by atoms with E-state index in [4.69, 9.17) is 10.00 Å². The van der Waals surface area contributed by atoms with Crippen molar-refractivity contribution >= 4 is 28.5 Å². The van der Waals surface area contributed by atoms with Crippen molar-refractivity contribution in [1.82, 2.24) is 5.32 Å². The molecule has 0 unspecified atom stereocenters. The van der Waals surface area contributed by atoms with Gasteiger partial charge in [0.25, 0.3) is 0 Å². The Balaban J connectivity index is 1.95. The van der Waals surface area contributed by atoms with Crippen molar-refractivity contribution in [2.75, 3.05) is 6.54 Å². The van der Waals surface area contributed by atoms with E-state index in [1.807, 2.05) is 18.2 Å². The fraction of sp³-hybridized carbons (Fsp3) is 0.176. The van der Waals surface area contributed by atoms with Gasteiger partial charge in [0, 0.05) is 18.9 Å². The van der Waals surface area contributed by atoms with E-state index in [0.717, 1.165) is 9.13 Å². The van der Waals surface area contributed by atoms with Gasteiger partial charge >= 0.3 is 0 Å². The summed E-state index contributed by atoms with van der Waals surface area (Å²) in [7, 11) is 0. The Morgan fingerprint density at radius 1 is 1.35 bits per heavy atom. The number of nitrogens with zero attached hydrogens (tertiary/aromatic N) is 1. The molecule has 1 amide bonds. The minimum atomic E-state index is -0.581. The topological polar surface area (TPSA) is 62.1 Å². The third kappa shape index (κ3) is 3.29. The molecule has 1 saturated heterocycles. The van der Waals surface area contributed by atoms with Crippen LogP contribution in [-0.2, 0) is 4.79 Å². The smallest absolute Gasteiger partial charge is 0.220 e. The zero-order chi connectivity index (χ0) is 16.4. The van der Waals surface area contributed by atoms with Crippen LogP contribution in [0.1, 0.15) is 23.5 Å². The molecule has 1 heterocycles. The van der Waals surface area contributed by atoms with Gasteiger partial charge in [-0.1, -0.05) is 12.1 Å². The normalized spacial score (nSPS) is 16.7. The Kier molecular flexibility index (Phi) is 4.48. The van der Waals surface area contributed by atoms with Crippen LogP contribution in [0.3, 0.4) is 0 Å². The second kappa shape index (κ2) is 6.54. The van der Waals surface area contributed by atoms with Crippen LogP contribution in [0.15, 0.2) is 36.4 Å². The van der Waals surface area contributed by atoms with Gasteiger partial charge in [-0.15, -0.1) is 0 Å². The van der Waals surface area contributed by atoms with E-state index in [2.05, 4.69) is 27.9 Å². The number of nitriles is 1. The summed E-state index contributed by atoms with van der Waals surface area (Å²) in [5.41, 5.74) is 1.09. The Morgan fingerprint density at radius 3 is 2.87 bits per heavy atom. The van der Waals surface area contributed by atoms with Gasteiger partial charge in [0.05, 0.1) is 9.13 Å². The van der Waals surface area contributed by atoms with Gasteiger partial charge in [0.2, 0.25) is 5.91 Å². The van der Waals surface area contributed by atoms with Crippen molar-refractivity contribution in [2.24, 2.45) is 0 Å². The molecule has 116 valence electrons. The zero-order valence-corrected chi connectivity index (χ0v) is 14.1. The Hall–Kier alpha value is -2.14. The largest absolute Gasteiger partial charge is 0.452 e. The van der Waals surface area contributed by atoms with E-state index in [-0.39, 0.29) is 23.1 Å². The molecule has 1 atom stereocenters. The molecular weight excluding hydrogens is 410 g/mol. The molecular formula is C17H12FIN2O2. The molecule has 1 fully saturated rings. The molecule has 0 saturated carbocycles. The summed E-state index contributed by atoms with van der Waals surface area (Å²) in [6.07, 6.45) is 0.434. The van der Waals surface area contributed by atoms with Crippen LogP contribution in [0.25, 0.3) is 0 Å². The molecule has 0 bridgehead atoms. The van der Waals surface area contributed by atoms with Crippen molar-refractivity contribution in [3.8, 4) is 17.6 Å². The second-order valence-electron chi connectivity index (χ2n) is 5.23. The number of hydrogen-bond acceptors (Lipinski definition) is 3. The molecule has 2 aromatic rings. The van der Waals surface area contributed by atoms with Gasteiger partial charge in [-0.25, -0.2) is 4.39 Å². The molecule has 0 aromatic heterocycles. The SMILES string of the molecule is N#Cc1cccc(F)c1Oc1cc([C@@H]2CNC(=O)C2)ccc1I. The number of halogens is 2. The number of ether oxygens (including phenoxy) is 1. The van der Waals surface area contributed by atoms with Gasteiger partial charge in [0.1, 0.15) is 11.8 Å². The maximum atomic E-state index is 14.0. The standard InChI is InChI=1S/C17H12FIN2O2/c18-13-3-1-2-11(8-20)17(13)23-15-6-10(4-5-14(15)19)12-7-16(22)21-9-12/h1-6,12H,7,9H2,(H,21,22)/t12-/m0/s1. The molecule has 3 rings (SSSR count). The molecule has 0 radical (unpaired) electrons. The average molecular weight is 422 g/mol. The van der Waals surface area contributed by atoms with Gasteiger partial charge in [0.15, 0.2) is 11.6 Å². The van der Waals surface area contributed by atoms with Gasteiger partial charge in [-0.05, 0) is 52.4 Å². The van der Waals surface area contributed by atoms with Crippen molar-refractivity contribution in [1.29, 1.82) is 5.26 Å². The first-order valence-electron chi connectivity index (χ1n) is 7.01. The average Bonchev–Trinajstić information content (AvgIpc) is 2.97. The minimum absolute atomic E-state index is 0.0249. The van der Waals surface area contributed by atoms with Crippen molar-refractivity contribution in [3.05, 3.63) is 56.9 Å². The maximum absolute atomic E-state index is 14.0. The van der Waals surface area contributed by atoms with Gasteiger partial charge in [-0.2, -0.15) is 5.26 Å². The van der Waals surface area contributed by atoms with Gasteiger partial charge in [-0.3, -0.25) is 4.79 Å². The van der Waals surface area contributed by atoms with E-state index in [1.165, 1.54) is 18.2 Å². The highest BCUT2D eigenvalue weighted by molar-refractivity contribution is 14.1. The van der Waals surface area contributed by atoms with Crippen LogP contribution >= 0.6 is 22.6 Å². The second-order valence-corrected chi connectivity index (χ2v) is 6.39. The lowest BCUT2D eigenvalue weighted by Gasteiger charge is -2.14. The van der Waals surface area contributed by atoms with Crippen LogP contribution in [0, 0.1) is 20.7 Å². The van der Waals surface area contributed by atoms with E-state index in [1.54, 1.807) is 6.07 Å². The summed E-state index contributed by atoms with van der Waals surface area (Å²) in [5, 5.41) is 11.9. The Morgan fingerprint density at radius 2 is 2.17 bits per heavy atom. The van der Waals surface area contributed by atoms with Crippen LogP contribution in [0.2, 0.25) is 0 Å². The van der Waals surface area contributed by atoms with Gasteiger partial charge < -0.3 is 10.1 Å². The van der Waals surface area contributed by atoms with Crippen LogP contribution in [0.4, 0.5) is 4.39 Å². The quantitative estimate of drug-likeness (QED) is 0.768.